The molecule has 20 heavy (non-hydrogen) atoms. The Balaban J connectivity index is 1.93. The Hall–Kier alpha value is -1.15. The molecule has 0 spiro atoms. The fourth-order valence-corrected chi connectivity index (χ4v) is 2.74. The lowest BCUT2D eigenvalue weighted by Crippen LogP contribution is -2.06. The van der Waals surface area contributed by atoms with Crippen molar-refractivity contribution in [3.05, 3.63) is 32.5 Å². The topological polar surface area (TPSA) is 62.3 Å². The number of ether oxygens (including phenoxy) is 2. The van der Waals surface area contributed by atoms with Gasteiger partial charge in [-0.25, -0.2) is 4.68 Å². The van der Waals surface area contributed by atoms with Gasteiger partial charge in [0.2, 0.25) is 0 Å². The van der Waals surface area contributed by atoms with Crippen molar-refractivity contribution in [1.82, 2.24) is 9.78 Å². The average molecular weight is 406 g/mol. The van der Waals surface area contributed by atoms with Crippen LogP contribution in [0.5, 0.6) is 11.5 Å². The minimum atomic E-state index is 0.547. The van der Waals surface area contributed by atoms with Crippen molar-refractivity contribution in [3.63, 3.8) is 0 Å². The maximum atomic E-state index is 6.26. The summed E-state index contributed by atoms with van der Waals surface area (Å²) in [6.45, 7) is 1.80. The molecule has 0 aliphatic carbocycles. The number of nitrogen functional groups attached to an aromatic ring is 1. The molecule has 2 N–H and O–H groups in total. The molecule has 0 radical (unpaired) electrons. The van der Waals surface area contributed by atoms with Crippen molar-refractivity contribution in [2.45, 2.75) is 13.0 Å². The van der Waals surface area contributed by atoms with Crippen molar-refractivity contribution in [3.8, 4) is 11.5 Å². The quantitative estimate of drug-likeness (QED) is 0.781. The monoisotopic (exact) mass is 405 g/mol. The Morgan fingerprint density at radius 1 is 1.35 bits per heavy atom. The molecule has 1 aliphatic heterocycles. The number of aromatic nitrogens is 2. The van der Waals surface area contributed by atoms with Gasteiger partial charge in [-0.05, 0) is 40.3 Å². The maximum Gasteiger partial charge on any atom is 0.179 e. The van der Waals surface area contributed by atoms with E-state index in [1.165, 1.54) is 0 Å². The Labute approximate surface area is 135 Å². The molecular formula is C13H13ClIN3O2. The highest BCUT2D eigenvalue weighted by Crippen LogP contribution is 2.38. The highest BCUT2D eigenvalue weighted by Gasteiger charge is 2.16. The van der Waals surface area contributed by atoms with E-state index >= 15 is 0 Å². The molecule has 0 bridgehead atoms. The van der Waals surface area contributed by atoms with Crippen LogP contribution in [0.1, 0.15) is 12.0 Å². The lowest BCUT2D eigenvalue weighted by Gasteiger charge is -2.12. The molecule has 2 heterocycles. The van der Waals surface area contributed by atoms with Crippen molar-refractivity contribution < 1.29 is 9.47 Å². The molecule has 0 saturated carbocycles. The summed E-state index contributed by atoms with van der Waals surface area (Å²) in [7, 11) is 0. The van der Waals surface area contributed by atoms with Gasteiger partial charge in [0.1, 0.15) is 5.82 Å². The highest BCUT2D eigenvalue weighted by molar-refractivity contribution is 14.1. The van der Waals surface area contributed by atoms with E-state index in [9.17, 15) is 0 Å². The van der Waals surface area contributed by atoms with Crippen LogP contribution in [0, 0.1) is 3.57 Å². The molecule has 1 aromatic heterocycles. The first-order valence-electron chi connectivity index (χ1n) is 6.20. The Morgan fingerprint density at radius 3 is 2.90 bits per heavy atom. The van der Waals surface area contributed by atoms with Gasteiger partial charge in [-0.1, -0.05) is 11.6 Å². The van der Waals surface area contributed by atoms with Gasteiger partial charge >= 0.3 is 0 Å². The van der Waals surface area contributed by atoms with Crippen LogP contribution in [0.25, 0.3) is 0 Å². The van der Waals surface area contributed by atoms with Gasteiger partial charge < -0.3 is 15.2 Å². The molecular weight excluding hydrogens is 393 g/mol. The van der Waals surface area contributed by atoms with Crippen molar-refractivity contribution in [2.24, 2.45) is 0 Å². The fourth-order valence-electron chi connectivity index (χ4n) is 2.05. The summed E-state index contributed by atoms with van der Waals surface area (Å²) in [5, 5.41) is 4.80. The number of anilines is 1. The van der Waals surface area contributed by atoms with Gasteiger partial charge in [-0.2, -0.15) is 5.10 Å². The smallest absolute Gasteiger partial charge is 0.179 e. The minimum absolute atomic E-state index is 0.547. The van der Waals surface area contributed by atoms with E-state index in [2.05, 4.69) is 27.7 Å². The van der Waals surface area contributed by atoms with Crippen LogP contribution in [-0.4, -0.2) is 23.0 Å². The molecule has 1 aromatic carbocycles. The Morgan fingerprint density at radius 2 is 2.15 bits per heavy atom. The van der Waals surface area contributed by atoms with Crippen molar-refractivity contribution in [2.75, 3.05) is 18.9 Å². The molecule has 106 valence electrons. The van der Waals surface area contributed by atoms with Crippen LogP contribution in [0.2, 0.25) is 5.02 Å². The summed E-state index contributed by atoms with van der Waals surface area (Å²) < 4.78 is 13.9. The third-order valence-electron chi connectivity index (χ3n) is 3.03. The second-order valence-electron chi connectivity index (χ2n) is 4.49. The number of halogens is 2. The van der Waals surface area contributed by atoms with Gasteiger partial charge in [0.05, 0.1) is 34.5 Å². The molecule has 0 fully saturated rings. The zero-order chi connectivity index (χ0) is 14.1. The first-order valence-corrected chi connectivity index (χ1v) is 7.65. The molecule has 1 aliphatic rings. The summed E-state index contributed by atoms with van der Waals surface area (Å²) in [6, 6.07) is 3.80. The Kier molecular flexibility index (Phi) is 3.93. The Bertz CT molecular complexity index is 645. The molecule has 7 heteroatoms. The number of benzene rings is 1. The van der Waals surface area contributed by atoms with E-state index in [0.717, 1.165) is 15.6 Å². The lowest BCUT2D eigenvalue weighted by molar-refractivity contribution is 0.297. The number of fused-ring (bicyclic) bond motifs is 1. The van der Waals surface area contributed by atoms with E-state index in [0.29, 0.717) is 42.1 Å². The van der Waals surface area contributed by atoms with Gasteiger partial charge in [0.25, 0.3) is 0 Å². The molecule has 5 nitrogen and oxygen atoms in total. The molecule has 2 aromatic rings. The highest BCUT2D eigenvalue weighted by atomic mass is 127. The van der Waals surface area contributed by atoms with Crippen LogP contribution in [-0.2, 0) is 6.54 Å². The zero-order valence-electron chi connectivity index (χ0n) is 10.6. The zero-order valence-corrected chi connectivity index (χ0v) is 13.5. The summed E-state index contributed by atoms with van der Waals surface area (Å²) in [4.78, 5) is 0. The van der Waals surface area contributed by atoms with Crippen LogP contribution in [0.3, 0.4) is 0 Å². The summed E-state index contributed by atoms with van der Waals surface area (Å²) in [6.07, 6.45) is 2.59. The third kappa shape index (κ3) is 2.67. The van der Waals surface area contributed by atoms with Crippen LogP contribution < -0.4 is 15.2 Å². The second kappa shape index (κ2) is 5.69. The molecule has 0 atom stereocenters. The maximum absolute atomic E-state index is 6.26. The predicted octanol–water partition coefficient (Wildman–Crippen LogP) is 2.93. The first-order chi connectivity index (χ1) is 9.65. The predicted molar refractivity (Wildman–Crippen MR) is 85.5 cm³/mol. The summed E-state index contributed by atoms with van der Waals surface area (Å²) in [5.41, 5.74) is 6.93. The van der Waals surface area contributed by atoms with E-state index < -0.39 is 0 Å². The third-order valence-corrected chi connectivity index (χ3v) is 4.14. The fraction of sp³-hybridized carbons (Fsp3) is 0.308. The van der Waals surface area contributed by atoms with Gasteiger partial charge in [0.15, 0.2) is 11.5 Å². The second-order valence-corrected chi connectivity index (χ2v) is 6.06. The molecule has 0 amide bonds. The van der Waals surface area contributed by atoms with E-state index in [4.69, 9.17) is 26.8 Å². The minimum Gasteiger partial charge on any atom is -0.489 e. The summed E-state index contributed by atoms with van der Waals surface area (Å²) in [5.74, 6) is 1.95. The number of hydrogen-bond acceptors (Lipinski definition) is 4. The lowest BCUT2D eigenvalue weighted by atomic mass is 10.2. The average Bonchev–Trinajstić information content (AvgIpc) is 2.66. The van der Waals surface area contributed by atoms with Gasteiger partial charge in [0, 0.05) is 6.42 Å². The van der Waals surface area contributed by atoms with Gasteiger partial charge in [-0.15, -0.1) is 0 Å². The number of hydrogen-bond donors (Lipinski definition) is 1. The number of nitrogens with two attached hydrogens (primary N) is 1. The van der Waals surface area contributed by atoms with Crippen molar-refractivity contribution in [1.29, 1.82) is 0 Å². The van der Waals surface area contributed by atoms with Gasteiger partial charge in [-0.3, -0.25) is 0 Å². The number of nitrogens with zero attached hydrogens (tertiary/aromatic N) is 2. The van der Waals surface area contributed by atoms with Crippen LogP contribution >= 0.6 is 34.2 Å². The van der Waals surface area contributed by atoms with E-state index in [-0.39, 0.29) is 0 Å². The SMILES string of the molecule is Nc1c(I)cnn1Cc1cc(Cl)c2c(c1)OCCCO2. The largest absolute Gasteiger partial charge is 0.489 e. The summed E-state index contributed by atoms with van der Waals surface area (Å²) >= 11 is 8.42. The van der Waals surface area contributed by atoms with Crippen LogP contribution in [0.4, 0.5) is 5.82 Å². The van der Waals surface area contributed by atoms with E-state index in [1.54, 1.807) is 10.9 Å². The normalized spacial score (nSPS) is 14.1. The molecule has 3 rings (SSSR count). The molecule has 0 saturated heterocycles. The van der Waals surface area contributed by atoms with Crippen LogP contribution in [0.15, 0.2) is 18.3 Å². The first kappa shape index (κ1) is 13.8. The van der Waals surface area contributed by atoms with E-state index in [1.807, 2.05) is 12.1 Å². The molecule has 0 unspecified atom stereocenters. The van der Waals surface area contributed by atoms with Crippen molar-refractivity contribution >= 4 is 40.0 Å². The standard InChI is InChI=1S/C13H13ClIN3O2/c14-9-4-8(7-18-13(16)10(15)6-17-18)5-11-12(9)20-3-1-2-19-11/h4-6H,1-3,7,16H2. The number of rotatable bonds is 2.